The fourth-order valence-electron chi connectivity index (χ4n) is 9.78. The summed E-state index contributed by atoms with van der Waals surface area (Å²) in [4.78, 5) is 0. The molecule has 0 atom stereocenters. The molecule has 0 amide bonds. The largest absolute Gasteiger partial charge is 0.309 e. The maximum Gasteiger partial charge on any atom is 0.0998 e. The van der Waals surface area contributed by atoms with Crippen LogP contribution >= 0.6 is 0 Å². The Balaban J connectivity index is 1.35. The fourth-order valence-corrected chi connectivity index (χ4v) is 9.78. The minimum absolute atomic E-state index is 0.584. The molecule has 0 spiro atoms. The van der Waals surface area contributed by atoms with Crippen molar-refractivity contribution in [1.82, 2.24) is 9.13 Å². The molecule has 4 heteroatoms. The lowest BCUT2D eigenvalue weighted by Crippen LogP contribution is -2.05. The van der Waals surface area contributed by atoms with Gasteiger partial charge in [0.25, 0.3) is 0 Å². The van der Waals surface area contributed by atoms with E-state index in [9.17, 15) is 10.5 Å². The molecule has 11 rings (SSSR count). The van der Waals surface area contributed by atoms with Crippen molar-refractivity contribution >= 4 is 43.6 Å². The van der Waals surface area contributed by atoms with E-state index in [0.29, 0.717) is 11.1 Å². The number of aryl methyl sites for hydroxylation is 4. The lowest BCUT2D eigenvalue weighted by atomic mass is 9.89. The Morgan fingerprint density at radius 2 is 0.750 bits per heavy atom. The van der Waals surface area contributed by atoms with Gasteiger partial charge in [-0.15, -0.1) is 0 Å². The minimum atomic E-state index is 0.584. The van der Waals surface area contributed by atoms with Gasteiger partial charge in [0.2, 0.25) is 0 Å². The van der Waals surface area contributed by atoms with E-state index in [4.69, 9.17) is 0 Å². The second-order valence-corrected chi connectivity index (χ2v) is 17.1. The predicted molar refractivity (Wildman–Crippen MR) is 265 cm³/mol. The highest BCUT2D eigenvalue weighted by Gasteiger charge is 2.26. The van der Waals surface area contributed by atoms with E-state index in [0.717, 1.165) is 111 Å². The summed E-state index contributed by atoms with van der Waals surface area (Å²) < 4.78 is 4.76. The molecule has 64 heavy (non-hydrogen) atoms. The molecular formula is C60H42N4. The Bertz CT molecular complexity index is 3540. The Kier molecular flexibility index (Phi) is 9.12. The summed E-state index contributed by atoms with van der Waals surface area (Å²) in [6, 6.07) is 69.9. The van der Waals surface area contributed by atoms with Gasteiger partial charge in [-0.3, -0.25) is 0 Å². The van der Waals surface area contributed by atoms with Gasteiger partial charge in [0.05, 0.1) is 51.0 Å². The molecule has 4 nitrogen and oxygen atoms in total. The predicted octanol–water partition coefficient (Wildman–Crippen LogP) is 15.5. The third-order valence-corrected chi connectivity index (χ3v) is 12.8. The van der Waals surface area contributed by atoms with Gasteiger partial charge < -0.3 is 9.13 Å². The first-order chi connectivity index (χ1) is 31.3. The molecule has 9 aromatic carbocycles. The van der Waals surface area contributed by atoms with Crippen LogP contribution in [0.15, 0.2) is 182 Å². The van der Waals surface area contributed by atoms with Crippen molar-refractivity contribution in [2.24, 2.45) is 0 Å². The third-order valence-electron chi connectivity index (χ3n) is 12.8. The van der Waals surface area contributed by atoms with E-state index in [1.165, 1.54) is 11.1 Å². The van der Waals surface area contributed by atoms with Gasteiger partial charge in [0.15, 0.2) is 0 Å². The zero-order chi connectivity index (χ0) is 43.6. The molecule has 0 saturated carbocycles. The molecule has 0 fully saturated rings. The summed E-state index contributed by atoms with van der Waals surface area (Å²) in [5.41, 5.74) is 19.5. The Labute approximate surface area is 372 Å². The van der Waals surface area contributed by atoms with Gasteiger partial charge in [0, 0.05) is 49.5 Å². The third kappa shape index (κ3) is 6.27. The smallest absolute Gasteiger partial charge is 0.0998 e. The first-order valence-electron chi connectivity index (χ1n) is 21.7. The molecule has 0 saturated heterocycles. The first-order valence-corrected chi connectivity index (χ1v) is 21.7. The van der Waals surface area contributed by atoms with Gasteiger partial charge in [-0.1, -0.05) is 132 Å². The van der Waals surface area contributed by atoms with Crippen molar-refractivity contribution in [2.75, 3.05) is 0 Å². The van der Waals surface area contributed by atoms with E-state index in [-0.39, 0.29) is 0 Å². The van der Waals surface area contributed by atoms with Crippen LogP contribution in [0.4, 0.5) is 0 Å². The number of rotatable bonds is 6. The average molecular weight is 819 g/mol. The number of hydrogen-bond acceptors (Lipinski definition) is 2. The molecule has 0 N–H and O–H groups in total. The highest BCUT2D eigenvalue weighted by molar-refractivity contribution is 6.13. The van der Waals surface area contributed by atoms with Crippen molar-refractivity contribution in [1.29, 1.82) is 10.5 Å². The first kappa shape index (κ1) is 38.5. The van der Waals surface area contributed by atoms with Gasteiger partial charge in [-0.25, -0.2) is 0 Å². The number of nitrogens with zero attached hydrogens (tertiary/aromatic N) is 4. The molecule has 0 unspecified atom stereocenters. The maximum absolute atomic E-state index is 10.9. The van der Waals surface area contributed by atoms with Crippen molar-refractivity contribution in [2.45, 2.75) is 27.7 Å². The molecular weight excluding hydrogens is 777 g/mol. The molecule has 2 aromatic heterocycles. The normalized spacial score (nSPS) is 11.4. The number of fused-ring (bicyclic) bond motifs is 6. The van der Waals surface area contributed by atoms with Gasteiger partial charge in [-0.2, -0.15) is 10.5 Å². The number of benzene rings is 9. The number of aromatic nitrogens is 2. The standard InChI is InChI=1S/C60H42N4/c1-37-15-21-48(45(27-37)35-61)54-33-47(63-58-31-43(41-11-7-5-8-12-41)19-23-50(58)51-24-20-44(32-59(51)63)42-13-9-6-10-14-42)34-55(49-22-16-38(2)28-46(49)36-62)60(54)64-56-25-17-39(3)29-52(56)53-30-40(4)18-26-57(53)64/h5-34H,1-4H3. The summed E-state index contributed by atoms with van der Waals surface area (Å²) in [5.74, 6) is 0. The minimum Gasteiger partial charge on any atom is -0.309 e. The van der Waals surface area contributed by atoms with Crippen molar-refractivity contribution < 1.29 is 0 Å². The second kappa shape index (κ2) is 15.2. The van der Waals surface area contributed by atoms with Gasteiger partial charge in [-0.05, 0) is 122 Å². The van der Waals surface area contributed by atoms with Crippen molar-refractivity contribution in [3.63, 3.8) is 0 Å². The summed E-state index contributed by atoms with van der Waals surface area (Å²) in [6.45, 7) is 8.34. The van der Waals surface area contributed by atoms with E-state index in [1.54, 1.807) is 0 Å². The molecule has 0 radical (unpaired) electrons. The maximum atomic E-state index is 10.9. The average Bonchev–Trinajstić information content (AvgIpc) is 3.82. The molecule has 0 bridgehead atoms. The van der Waals surface area contributed by atoms with Crippen LogP contribution in [0.5, 0.6) is 0 Å². The summed E-state index contributed by atoms with van der Waals surface area (Å²) in [5, 5.41) is 26.4. The van der Waals surface area contributed by atoms with Crippen molar-refractivity contribution in [3.05, 3.63) is 215 Å². The van der Waals surface area contributed by atoms with E-state index in [1.807, 2.05) is 26.0 Å². The second-order valence-electron chi connectivity index (χ2n) is 17.1. The molecule has 11 aromatic rings. The number of hydrogen-bond donors (Lipinski definition) is 0. The van der Waals surface area contributed by atoms with E-state index < -0.39 is 0 Å². The highest BCUT2D eigenvalue weighted by Crippen LogP contribution is 2.46. The quantitative estimate of drug-likeness (QED) is 0.168. The Morgan fingerprint density at radius 3 is 1.19 bits per heavy atom. The zero-order valence-electron chi connectivity index (χ0n) is 36.1. The lowest BCUT2D eigenvalue weighted by molar-refractivity contribution is 1.15. The van der Waals surface area contributed by atoms with Crippen molar-refractivity contribution in [3.8, 4) is 68.0 Å². The van der Waals surface area contributed by atoms with Crippen LogP contribution in [0.25, 0.3) is 99.5 Å². The monoisotopic (exact) mass is 818 g/mol. The van der Waals surface area contributed by atoms with Crippen LogP contribution in [-0.2, 0) is 0 Å². The van der Waals surface area contributed by atoms with E-state index >= 15 is 0 Å². The topological polar surface area (TPSA) is 57.4 Å². The molecule has 0 aliphatic rings. The van der Waals surface area contributed by atoms with Gasteiger partial charge in [0.1, 0.15) is 0 Å². The molecule has 2 heterocycles. The fraction of sp³-hybridized carbons (Fsp3) is 0.0667. The summed E-state index contributed by atoms with van der Waals surface area (Å²) in [7, 11) is 0. The van der Waals surface area contributed by atoms with E-state index in [2.05, 4.69) is 205 Å². The van der Waals surface area contributed by atoms with Crippen LogP contribution in [0, 0.1) is 50.4 Å². The lowest BCUT2D eigenvalue weighted by Gasteiger charge is -2.23. The molecule has 302 valence electrons. The Morgan fingerprint density at radius 1 is 0.328 bits per heavy atom. The van der Waals surface area contributed by atoms with Crippen LogP contribution < -0.4 is 0 Å². The van der Waals surface area contributed by atoms with Gasteiger partial charge >= 0.3 is 0 Å². The highest BCUT2D eigenvalue weighted by atomic mass is 15.0. The molecule has 0 aliphatic heterocycles. The number of nitriles is 2. The Hall–Kier alpha value is -8.44. The van der Waals surface area contributed by atoms with Crippen LogP contribution in [-0.4, -0.2) is 9.13 Å². The summed E-state index contributed by atoms with van der Waals surface area (Å²) >= 11 is 0. The molecule has 0 aliphatic carbocycles. The summed E-state index contributed by atoms with van der Waals surface area (Å²) in [6.07, 6.45) is 0. The van der Waals surface area contributed by atoms with Crippen LogP contribution in [0.3, 0.4) is 0 Å². The zero-order valence-corrected chi connectivity index (χ0v) is 36.1. The SMILES string of the molecule is Cc1ccc(-c2cc(-n3c4cc(-c5ccccc5)ccc4c4ccc(-c5ccccc5)cc43)cc(-c3ccc(C)cc3C#N)c2-n2c3ccc(C)cc3c3cc(C)ccc32)c(C#N)c1. The van der Waals surface area contributed by atoms with Crippen LogP contribution in [0.1, 0.15) is 33.4 Å². The van der Waals surface area contributed by atoms with Crippen LogP contribution in [0.2, 0.25) is 0 Å².